The summed E-state index contributed by atoms with van der Waals surface area (Å²) in [6, 6.07) is 6.66. The second-order valence-corrected chi connectivity index (χ2v) is 6.34. The van der Waals surface area contributed by atoms with Gasteiger partial charge in [0, 0.05) is 44.4 Å². The summed E-state index contributed by atoms with van der Waals surface area (Å²) in [6.45, 7) is 5.72. The van der Waals surface area contributed by atoms with Crippen molar-refractivity contribution in [2.75, 3.05) is 36.4 Å². The van der Waals surface area contributed by atoms with Crippen LogP contribution in [0.25, 0.3) is 0 Å². The lowest BCUT2D eigenvalue weighted by Crippen LogP contribution is -2.48. The van der Waals surface area contributed by atoms with E-state index in [0.29, 0.717) is 43.2 Å². The molecule has 2 aromatic rings. The van der Waals surface area contributed by atoms with E-state index in [1.54, 1.807) is 42.3 Å². The van der Waals surface area contributed by atoms with Crippen LogP contribution < -0.4 is 10.2 Å². The van der Waals surface area contributed by atoms with E-state index in [-0.39, 0.29) is 23.3 Å². The first-order valence-corrected chi connectivity index (χ1v) is 8.69. The molecule has 0 atom stereocenters. The molecular formula is C19H21N5O3. The van der Waals surface area contributed by atoms with Gasteiger partial charge in [-0.2, -0.15) is 0 Å². The lowest BCUT2D eigenvalue weighted by molar-refractivity contribution is -0.129. The standard InChI is InChI=1S/C19H21N5O3/c1-13(25)15-3-5-16(6-4-15)22-19(27)17-11-21-18(12-20-17)24-9-7-23(8-10-24)14(2)26/h3-6,11-12H,7-10H2,1-2H3,(H,22,27). The highest BCUT2D eigenvalue weighted by molar-refractivity contribution is 6.03. The number of nitrogens with one attached hydrogen (secondary N) is 1. The van der Waals surface area contributed by atoms with Gasteiger partial charge < -0.3 is 15.1 Å². The zero-order valence-corrected chi connectivity index (χ0v) is 15.3. The summed E-state index contributed by atoms with van der Waals surface area (Å²) in [5, 5.41) is 2.73. The summed E-state index contributed by atoms with van der Waals surface area (Å²) in [5.41, 5.74) is 1.37. The van der Waals surface area contributed by atoms with E-state index in [1.165, 1.54) is 13.1 Å². The number of nitrogens with zero attached hydrogens (tertiary/aromatic N) is 4. The summed E-state index contributed by atoms with van der Waals surface area (Å²) in [7, 11) is 0. The molecule has 2 heterocycles. The van der Waals surface area contributed by atoms with E-state index in [4.69, 9.17) is 0 Å². The summed E-state index contributed by atoms with van der Waals surface area (Å²) in [5.74, 6) is 0.356. The van der Waals surface area contributed by atoms with E-state index < -0.39 is 0 Å². The summed E-state index contributed by atoms with van der Waals surface area (Å²) >= 11 is 0. The SMILES string of the molecule is CC(=O)c1ccc(NC(=O)c2cnc(N3CCN(C(C)=O)CC3)cn2)cc1. The molecule has 3 rings (SSSR count). The average molecular weight is 367 g/mol. The van der Waals surface area contributed by atoms with Crippen molar-refractivity contribution in [2.24, 2.45) is 0 Å². The molecule has 1 aromatic carbocycles. The predicted octanol–water partition coefficient (Wildman–Crippen LogP) is 1.60. The highest BCUT2D eigenvalue weighted by Gasteiger charge is 2.20. The minimum absolute atomic E-state index is 0.0292. The highest BCUT2D eigenvalue weighted by Crippen LogP contribution is 2.14. The normalized spacial score (nSPS) is 14.0. The van der Waals surface area contributed by atoms with Gasteiger partial charge in [-0.15, -0.1) is 0 Å². The van der Waals surface area contributed by atoms with E-state index in [9.17, 15) is 14.4 Å². The Kier molecular flexibility index (Phi) is 5.44. The number of carbonyl (C=O) groups is 3. The van der Waals surface area contributed by atoms with Crippen LogP contribution in [0.1, 0.15) is 34.7 Å². The number of benzene rings is 1. The van der Waals surface area contributed by atoms with Gasteiger partial charge in [0.15, 0.2) is 5.78 Å². The van der Waals surface area contributed by atoms with Crippen LogP contribution in [-0.4, -0.2) is 58.6 Å². The van der Waals surface area contributed by atoms with Crippen LogP contribution in [0.3, 0.4) is 0 Å². The molecule has 27 heavy (non-hydrogen) atoms. The number of Topliss-reactive ketones (excluding diaryl/α,β-unsaturated/α-hetero) is 1. The van der Waals surface area contributed by atoms with E-state index in [0.717, 1.165) is 0 Å². The van der Waals surface area contributed by atoms with Crippen molar-refractivity contribution in [1.29, 1.82) is 0 Å². The van der Waals surface area contributed by atoms with Gasteiger partial charge in [0.2, 0.25) is 5.91 Å². The molecule has 2 amide bonds. The van der Waals surface area contributed by atoms with Gasteiger partial charge in [0.25, 0.3) is 5.91 Å². The van der Waals surface area contributed by atoms with Gasteiger partial charge in [-0.25, -0.2) is 9.97 Å². The Hall–Kier alpha value is -3.29. The average Bonchev–Trinajstić information content (AvgIpc) is 2.68. The lowest BCUT2D eigenvalue weighted by Gasteiger charge is -2.34. The van der Waals surface area contributed by atoms with Gasteiger partial charge in [0.1, 0.15) is 11.5 Å². The second-order valence-electron chi connectivity index (χ2n) is 6.34. The number of anilines is 2. The second kappa shape index (κ2) is 7.94. The van der Waals surface area contributed by atoms with Crippen molar-refractivity contribution < 1.29 is 14.4 Å². The molecule has 0 unspecified atom stereocenters. The molecule has 0 bridgehead atoms. The Labute approximate surface area is 157 Å². The third-order valence-electron chi connectivity index (χ3n) is 4.47. The monoisotopic (exact) mass is 367 g/mol. The first kappa shape index (κ1) is 18.5. The van der Waals surface area contributed by atoms with Crippen molar-refractivity contribution in [3.8, 4) is 0 Å². The Morgan fingerprint density at radius 1 is 0.926 bits per heavy atom. The topological polar surface area (TPSA) is 95.5 Å². The first-order chi connectivity index (χ1) is 12.9. The summed E-state index contributed by atoms with van der Waals surface area (Å²) in [4.78, 5) is 47.3. The maximum atomic E-state index is 12.3. The molecule has 8 heteroatoms. The van der Waals surface area contributed by atoms with Gasteiger partial charge in [0.05, 0.1) is 12.4 Å². The molecular weight excluding hydrogens is 346 g/mol. The number of rotatable bonds is 4. The van der Waals surface area contributed by atoms with Crippen LogP contribution in [-0.2, 0) is 4.79 Å². The Balaban J connectivity index is 1.60. The first-order valence-electron chi connectivity index (χ1n) is 8.69. The van der Waals surface area contributed by atoms with Gasteiger partial charge >= 0.3 is 0 Å². The number of amides is 2. The third kappa shape index (κ3) is 4.46. The maximum absolute atomic E-state index is 12.3. The predicted molar refractivity (Wildman–Crippen MR) is 101 cm³/mol. The van der Waals surface area contributed by atoms with E-state index in [1.807, 2.05) is 4.90 Å². The van der Waals surface area contributed by atoms with Gasteiger partial charge in [-0.3, -0.25) is 14.4 Å². The molecule has 8 nitrogen and oxygen atoms in total. The molecule has 0 saturated carbocycles. The van der Waals surface area contributed by atoms with Crippen LogP contribution in [0, 0.1) is 0 Å². The number of carbonyl (C=O) groups excluding carboxylic acids is 3. The zero-order valence-electron chi connectivity index (χ0n) is 15.3. The number of aromatic nitrogens is 2. The fourth-order valence-corrected chi connectivity index (χ4v) is 2.84. The maximum Gasteiger partial charge on any atom is 0.275 e. The number of ketones is 1. The quantitative estimate of drug-likeness (QED) is 0.825. The Morgan fingerprint density at radius 3 is 2.11 bits per heavy atom. The van der Waals surface area contributed by atoms with Crippen LogP contribution in [0.4, 0.5) is 11.5 Å². The van der Waals surface area contributed by atoms with Gasteiger partial charge in [-0.05, 0) is 31.2 Å². The number of piperazine rings is 1. The molecule has 1 N–H and O–H groups in total. The van der Waals surface area contributed by atoms with E-state index >= 15 is 0 Å². The minimum Gasteiger partial charge on any atom is -0.352 e. The largest absolute Gasteiger partial charge is 0.352 e. The molecule has 0 spiro atoms. The Morgan fingerprint density at radius 2 is 1.59 bits per heavy atom. The molecule has 1 saturated heterocycles. The highest BCUT2D eigenvalue weighted by atomic mass is 16.2. The van der Waals surface area contributed by atoms with Gasteiger partial charge in [-0.1, -0.05) is 0 Å². The molecule has 1 aliphatic heterocycles. The minimum atomic E-state index is -0.369. The fourth-order valence-electron chi connectivity index (χ4n) is 2.84. The van der Waals surface area contributed by atoms with Crippen molar-refractivity contribution in [2.45, 2.75) is 13.8 Å². The van der Waals surface area contributed by atoms with Crippen molar-refractivity contribution >= 4 is 29.1 Å². The van der Waals surface area contributed by atoms with Crippen molar-refractivity contribution in [3.63, 3.8) is 0 Å². The molecule has 140 valence electrons. The molecule has 0 radical (unpaired) electrons. The third-order valence-corrected chi connectivity index (χ3v) is 4.47. The smallest absolute Gasteiger partial charge is 0.275 e. The molecule has 1 aromatic heterocycles. The van der Waals surface area contributed by atoms with E-state index in [2.05, 4.69) is 15.3 Å². The fraction of sp³-hybridized carbons (Fsp3) is 0.316. The zero-order chi connectivity index (χ0) is 19.4. The number of hydrogen-bond donors (Lipinski definition) is 1. The summed E-state index contributed by atoms with van der Waals surface area (Å²) < 4.78 is 0. The lowest BCUT2D eigenvalue weighted by atomic mass is 10.1. The molecule has 1 aliphatic rings. The van der Waals surface area contributed by atoms with Crippen molar-refractivity contribution in [1.82, 2.24) is 14.9 Å². The number of hydrogen-bond acceptors (Lipinski definition) is 6. The van der Waals surface area contributed by atoms with Crippen LogP contribution in [0.2, 0.25) is 0 Å². The van der Waals surface area contributed by atoms with Crippen LogP contribution >= 0.6 is 0 Å². The van der Waals surface area contributed by atoms with Crippen molar-refractivity contribution in [3.05, 3.63) is 47.9 Å². The Bertz CT molecular complexity index is 841. The molecule has 1 fully saturated rings. The van der Waals surface area contributed by atoms with Crippen LogP contribution in [0.15, 0.2) is 36.7 Å². The summed E-state index contributed by atoms with van der Waals surface area (Å²) in [6.07, 6.45) is 3.00. The molecule has 0 aliphatic carbocycles. The van der Waals surface area contributed by atoms with Crippen LogP contribution in [0.5, 0.6) is 0 Å².